The number of aryl methyl sites for hydroxylation is 1. The highest BCUT2D eigenvalue weighted by Gasteiger charge is 2.47. The van der Waals surface area contributed by atoms with Gasteiger partial charge in [-0.3, -0.25) is 4.98 Å². The molecule has 2 saturated carbocycles. The van der Waals surface area contributed by atoms with Gasteiger partial charge in [0.15, 0.2) is 0 Å². The van der Waals surface area contributed by atoms with E-state index >= 15 is 0 Å². The van der Waals surface area contributed by atoms with Crippen molar-refractivity contribution in [3.63, 3.8) is 0 Å². The minimum Gasteiger partial charge on any atom is -0.490 e. The Morgan fingerprint density at radius 1 is 0.980 bits per heavy atom. The monoisotopic (exact) mass is 677 g/mol. The largest absolute Gasteiger partial charge is 0.490 e. The number of para-hydroxylation sites is 1. The number of aliphatic hydroxyl groups is 5. The van der Waals surface area contributed by atoms with Crippen molar-refractivity contribution in [3.8, 4) is 16.9 Å². The Morgan fingerprint density at radius 3 is 2.47 bits per heavy atom. The predicted octanol–water partition coefficient (Wildman–Crippen LogP) is 3.81. The van der Waals surface area contributed by atoms with Crippen LogP contribution in [-0.2, 0) is 16.9 Å². The summed E-state index contributed by atoms with van der Waals surface area (Å²) in [6.07, 6.45) is 4.23. The molecule has 0 saturated heterocycles. The van der Waals surface area contributed by atoms with Crippen LogP contribution >= 0.6 is 0 Å². The molecule has 2 fully saturated rings. The van der Waals surface area contributed by atoms with Gasteiger partial charge in [0.2, 0.25) is 0 Å². The van der Waals surface area contributed by atoms with E-state index < -0.39 is 37.1 Å². The topological polar surface area (TPSA) is 174 Å². The second kappa shape index (κ2) is 16.9. The smallest absolute Gasteiger partial charge is 0.314 e. The SMILES string of the molecule is Cc1ccc(C(C)CCCCNC(=O)NC[C@H](O)[C@@H](O)[C@H](O)[C@H](O)CO)cc1COC1(c2cnccc2-c2ccccc2OC2CC2)CC1. The molecule has 2 aliphatic rings. The zero-order valence-electron chi connectivity index (χ0n) is 28.4. The first-order valence-corrected chi connectivity index (χ1v) is 17.4. The average Bonchev–Trinajstić information content (AvgIpc) is 4.07. The fourth-order valence-corrected chi connectivity index (χ4v) is 6.01. The van der Waals surface area contributed by atoms with Crippen LogP contribution in [0.15, 0.2) is 60.9 Å². The summed E-state index contributed by atoms with van der Waals surface area (Å²) in [6.45, 7) is 4.17. The summed E-state index contributed by atoms with van der Waals surface area (Å²) in [7, 11) is 0. The number of unbranched alkanes of at least 4 members (excludes halogenated alkanes) is 1. The van der Waals surface area contributed by atoms with Gasteiger partial charge in [0, 0.05) is 36.6 Å². The summed E-state index contributed by atoms with van der Waals surface area (Å²) >= 11 is 0. The van der Waals surface area contributed by atoms with Crippen molar-refractivity contribution in [2.75, 3.05) is 19.7 Å². The highest BCUT2D eigenvalue weighted by atomic mass is 16.5. The van der Waals surface area contributed by atoms with E-state index in [9.17, 15) is 25.2 Å². The molecule has 49 heavy (non-hydrogen) atoms. The molecule has 1 aromatic heterocycles. The number of amides is 2. The number of ether oxygens (including phenoxy) is 2. The molecule has 0 radical (unpaired) electrons. The highest BCUT2D eigenvalue weighted by molar-refractivity contribution is 5.74. The van der Waals surface area contributed by atoms with E-state index in [1.807, 2.05) is 30.6 Å². The van der Waals surface area contributed by atoms with Crippen LogP contribution in [0.3, 0.4) is 0 Å². The number of hydrogen-bond acceptors (Lipinski definition) is 9. The van der Waals surface area contributed by atoms with Crippen LogP contribution in [0.4, 0.5) is 4.79 Å². The molecule has 3 aromatic rings. The van der Waals surface area contributed by atoms with Crippen LogP contribution in [0.2, 0.25) is 0 Å². The average molecular weight is 678 g/mol. The Kier molecular flexibility index (Phi) is 12.6. The quantitative estimate of drug-likeness (QED) is 0.0932. The Hall–Kier alpha value is -3.58. The maximum atomic E-state index is 12.1. The summed E-state index contributed by atoms with van der Waals surface area (Å²) in [5.41, 5.74) is 6.53. The number of nitrogens with zero attached hydrogens (tertiary/aromatic N) is 1. The molecule has 5 atom stereocenters. The van der Waals surface area contributed by atoms with Crippen molar-refractivity contribution in [2.45, 2.75) is 107 Å². The van der Waals surface area contributed by atoms with Gasteiger partial charge in [-0.1, -0.05) is 49.7 Å². The second-order valence-electron chi connectivity index (χ2n) is 13.5. The van der Waals surface area contributed by atoms with Gasteiger partial charge in [0.1, 0.15) is 24.1 Å². The number of nitrogens with one attached hydrogen (secondary N) is 2. The Morgan fingerprint density at radius 2 is 1.73 bits per heavy atom. The first-order valence-electron chi connectivity index (χ1n) is 17.4. The van der Waals surface area contributed by atoms with Gasteiger partial charge >= 0.3 is 6.03 Å². The Balaban J connectivity index is 1.09. The molecule has 2 aliphatic carbocycles. The maximum Gasteiger partial charge on any atom is 0.314 e. The van der Waals surface area contributed by atoms with Crippen LogP contribution in [-0.4, -0.2) is 86.8 Å². The van der Waals surface area contributed by atoms with Crippen molar-refractivity contribution < 1.29 is 39.8 Å². The van der Waals surface area contributed by atoms with Crippen molar-refractivity contribution >= 4 is 6.03 Å². The third kappa shape index (κ3) is 9.78. The second-order valence-corrected chi connectivity index (χ2v) is 13.5. The molecule has 7 N–H and O–H groups in total. The lowest BCUT2D eigenvalue weighted by Crippen LogP contribution is -2.50. The Bertz CT molecular complexity index is 1530. The number of aliphatic hydroxyl groups excluding tert-OH is 5. The van der Waals surface area contributed by atoms with E-state index in [0.29, 0.717) is 25.2 Å². The summed E-state index contributed by atoms with van der Waals surface area (Å²) in [6, 6.07) is 16.4. The molecule has 11 nitrogen and oxygen atoms in total. The number of benzene rings is 2. The number of carbonyl (C=O) groups is 1. The van der Waals surface area contributed by atoms with E-state index in [1.54, 1.807) is 0 Å². The number of hydrogen-bond donors (Lipinski definition) is 7. The fraction of sp³-hybridized carbons (Fsp3) is 0.526. The summed E-state index contributed by atoms with van der Waals surface area (Å²) < 4.78 is 13.0. The molecule has 1 heterocycles. The number of carbonyl (C=O) groups excluding carboxylic acids is 1. The van der Waals surface area contributed by atoms with E-state index in [1.165, 1.54) is 16.7 Å². The van der Waals surface area contributed by atoms with Crippen LogP contribution in [0.1, 0.15) is 80.0 Å². The summed E-state index contributed by atoms with van der Waals surface area (Å²) in [4.78, 5) is 16.6. The van der Waals surface area contributed by atoms with E-state index in [2.05, 4.69) is 59.8 Å². The molecule has 5 rings (SSSR count). The van der Waals surface area contributed by atoms with Crippen LogP contribution < -0.4 is 15.4 Å². The van der Waals surface area contributed by atoms with Gasteiger partial charge in [-0.2, -0.15) is 0 Å². The van der Waals surface area contributed by atoms with Crippen molar-refractivity contribution in [1.29, 1.82) is 0 Å². The van der Waals surface area contributed by atoms with E-state index in [4.69, 9.17) is 14.6 Å². The third-order valence-corrected chi connectivity index (χ3v) is 9.60. The predicted molar refractivity (Wildman–Crippen MR) is 185 cm³/mol. The molecule has 1 unspecified atom stereocenters. The maximum absolute atomic E-state index is 12.1. The van der Waals surface area contributed by atoms with Gasteiger partial charge in [0.25, 0.3) is 0 Å². The van der Waals surface area contributed by atoms with Crippen LogP contribution in [0.5, 0.6) is 5.75 Å². The molecule has 2 aromatic carbocycles. The van der Waals surface area contributed by atoms with Gasteiger partial charge in [-0.15, -0.1) is 0 Å². The molecule has 11 heteroatoms. The lowest BCUT2D eigenvalue weighted by Gasteiger charge is -2.25. The van der Waals surface area contributed by atoms with E-state index in [-0.39, 0.29) is 12.1 Å². The van der Waals surface area contributed by atoms with Crippen LogP contribution in [0, 0.1) is 6.92 Å². The molecule has 266 valence electrons. The minimum atomic E-state index is -1.74. The standard InChI is InChI=1S/C38H51N3O8/c1-24(7-5-6-17-40-37(47)41-21-32(43)35(45)36(46)33(44)22-42)26-11-10-25(2)27(19-26)23-48-38(15-16-38)31-20-39-18-14-29(31)30-8-3-4-9-34(30)49-28-12-13-28/h3-4,8-11,14,18-20,24,28,32-33,35-36,42-46H,5-7,12-13,15-17,21-23H2,1-2H3,(H2,40,41,47)/t24?,32-,33+,35+,36+/m0/s1. The lowest BCUT2D eigenvalue weighted by molar-refractivity contribution is -0.113. The molecule has 0 spiro atoms. The Labute approximate surface area is 288 Å². The number of aromatic nitrogens is 1. The molecular weight excluding hydrogens is 626 g/mol. The summed E-state index contributed by atoms with van der Waals surface area (Å²) in [5, 5.41) is 53.0. The van der Waals surface area contributed by atoms with Gasteiger partial charge < -0.3 is 45.6 Å². The third-order valence-electron chi connectivity index (χ3n) is 9.60. The lowest BCUT2D eigenvalue weighted by atomic mass is 9.92. The zero-order valence-corrected chi connectivity index (χ0v) is 28.4. The van der Waals surface area contributed by atoms with Gasteiger partial charge in [-0.25, -0.2) is 4.79 Å². The number of urea groups is 1. The van der Waals surface area contributed by atoms with Gasteiger partial charge in [-0.05, 0) is 85.8 Å². The first kappa shape index (κ1) is 36.7. The van der Waals surface area contributed by atoms with Crippen LogP contribution in [0.25, 0.3) is 11.1 Å². The highest BCUT2D eigenvalue weighted by Crippen LogP contribution is 2.53. The molecular formula is C38H51N3O8. The van der Waals surface area contributed by atoms with E-state index in [0.717, 1.165) is 67.4 Å². The van der Waals surface area contributed by atoms with Crippen molar-refractivity contribution in [3.05, 3.63) is 83.2 Å². The summed E-state index contributed by atoms with van der Waals surface area (Å²) in [5.74, 6) is 1.23. The first-order chi connectivity index (χ1) is 23.6. The number of rotatable bonds is 19. The van der Waals surface area contributed by atoms with Crippen molar-refractivity contribution in [2.24, 2.45) is 0 Å². The molecule has 0 bridgehead atoms. The zero-order chi connectivity index (χ0) is 35.0. The normalized spacial score (nSPS) is 18.2. The van der Waals surface area contributed by atoms with Gasteiger partial charge in [0.05, 0.1) is 31.0 Å². The number of pyridine rings is 1. The fourth-order valence-electron chi connectivity index (χ4n) is 6.01. The molecule has 0 aliphatic heterocycles. The minimum absolute atomic E-state index is 0.310. The van der Waals surface area contributed by atoms with Crippen molar-refractivity contribution in [1.82, 2.24) is 15.6 Å². The molecule has 2 amide bonds.